The van der Waals surface area contributed by atoms with Crippen LogP contribution in [-0.2, 0) is 7.05 Å². The minimum Gasteiger partial charge on any atom is -0.451 e. The number of nitrogens with zero attached hydrogens (tertiary/aromatic N) is 2. The van der Waals surface area contributed by atoms with Crippen LogP contribution in [0.3, 0.4) is 0 Å². The lowest BCUT2D eigenvalue weighted by Crippen LogP contribution is -1.92. The van der Waals surface area contributed by atoms with E-state index in [1.807, 2.05) is 26.2 Å². The molecule has 0 bridgehead atoms. The molecule has 2 rings (SSSR count). The number of rotatable bonds is 3. The van der Waals surface area contributed by atoms with E-state index in [4.69, 9.17) is 4.42 Å². The van der Waals surface area contributed by atoms with Gasteiger partial charge in [-0.2, -0.15) is 5.10 Å². The van der Waals surface area contributed by atoms with E-state index in [1.165, 1.54) is 0 Å². The molecule has 0 aromatic carbocycles. The molecule has 0 spiro atoms. The van der Waals surface area contributed by atoms with Gasteiger partial charge < -0.3 is 4.42 Å². The fraction of sp³-hybridized carbons (Fsp3) is 0.273. The third kappa shape index (κ3) is 1.83. The lowest BCUT2D eigenvalue weighted by molar-refractivity contribution is 0.0962. The second kappa shape index (κ2) is 3.73. The van der Waals surface area contributed by atoms with Crippen LogP contribution in [0.5, 0.6) is 0 Å². The zero-order chi connectivity index (χ0) is 10.8. The van der Waals surface area contributed by atoms with Crippen molar-refractivity contribution in [3.8, 4) is 11.5 Å². The number of Topliss-reactive ketones (excluding diaryl/α,β-unsaturated/α-hetero) is 1. The van der Waals surface area contributed by atoms with Crippen molar-refractivity contribution in [1.29, 1.82) is 0 Å². The molecule has 2 aromatic heterocycles. The normalized spacial score (nSPS) is 10.5. The fourth-order valence-corrected chi connectivity index (χ4v) is 1.35. The molecule has 0 aliphatic heterocycles. The van der Waals surface area contributed by atoms with Crippen LogP contribution in [0.1, 0.15) is 23.9 Å². The topological polar surface area (TPSA) is 48.0 Å². The number of aryl methyl sites for hydroxylation is 1. The molecule has 0 saturated heterocycles. The number of hydrogen-bond donors (Lipinski definition) is 0. The van der Waals surface area contributed by atoms with Crippen molar-refractivity contribution in [1.82, 2.24) is 9.78 Å². The van der Waals surface area contributed by atoms with Gasteiger partial charge in [-0.15, -0.1) is 0 Å². The Morgan fingerprint density at radius 2 is 2.27 bits per heavy atom. The van der Waals surface area contributed by atoms with Crippen molar-refractivity contribution < 1.29 is 9.21 Å². The molecule has 4 nitrogen and oxygen atoms in total. The van der Waals surface area contributed by atoms with Gasteiger partial charge in [0.1, 0.15) is 5.69 Å². The average Bonchev–Trinajstić information content (AvgIpc) is 2.84. The summed E-state index contributed by atoms with van der Waals surface area (Å²) in [5.41, 5.74) is 0.743. The first-order valence-electron chi connectivity index (χ1n) is 4.83. The van der Waals surface area contributed by atoms with Crippen LogP contribution >= 0.6 is 0 Å². The van der Waals surface area contributed by atoms with E-state index in [0.29, 0.717) is 17.9 Å². The summed E-state index contributed by atoms with van der Waals surface area (Å²) in [5, 5.41) is 4.19. The summed E-state index contributed by atoms with van der Waals surface area (Å²) in [7, 11) is 1.84. The quantitative estimate of drug-likeness (QED) is 0.720. The van der Waals surface area contributed by atoms with Gasteiger partial charge in [0.15, 0.2) is 17.3 Å². The monoisotopic (exact) mass is 204 g/mol. The van der Waals surface area contributed by atoms with Crippen LogP contribution in [0, 0.1) is 0 Å². The molecule has 0 fully saturated rings. The van der Waals surface area contributed by atoms with Gasteiger partial charge in [0.25, 0.3) is 0 Å². The first-order chi connectivity index (χ1) is 7.20. The molecule has 15 heavy (non-hydrogen) atoms. The zero-order valence-corrected chi connectivity index (χ0v) is 8.73. The molecule has 2 heterocycles. The van der Waals surface area contributed by atoms with Crippen LogP contribution in [-0.4, -0.2) is 15.6 Å². The van der Waals surface area contributed by atoms with Crippen LogP contribution < -0.4 is 0 Å². The van der Waals surface area contributed by atoms with E-state index >= 15 is 0 Å². The molecular formula is C11H12N2O2. The second-order valence-corrected chi connectivity index (χ2v) is 3.32. The zero-order valence-electron chi connectivity index (χ0n) is 8.73. The van der Waals surface area contributed by atoms with Gasteiger partial charge in [-0.05, 0) is 18.2 Å². The molecule has 0 aliphatic carbocycles. The highest BCUT2D eigenvalue weighted by atomic mass is 16.3. The predicted octanol–water partition coefficient (Wildman–Crippen LogP) is 2.27. The summed E-state index contributed by atoms with van der Waals surface area (Å²) < 4.78 is 7.10. The van der Waals surface area contributed by atoms with Gasteiger partial charge in [-0.25, -0.2) is 0 Å². The Hall–Kier alpha value is -1.84. The van der Waals surface area contributed by atoms with Gasteiger partial charge in [-0.1, -0.05) is 6.92 Å². The van der Waals surface area contributed by atoms with E-state index in [-0.39, 0.29) is 5.78 Å². The predicted molar refractivity (Wildman–Crippen MR) is 55.5 cm³/mol. The number of carbonyl (C=O) groups is 1. The number of hydrogen-bond acceptors (Lipinski definition) is 3. The van der Waals surface area contributed by atoms with E-state index in [9.17, 15) is 4.79 Å². The van der Waals surface area contributed by atoms with Crippen molar-refractivity contribution in [3.05, 3.63) is 30.2 Å². The van der Waals surface area contributed by atoms with Crippen LogP contribution in [0.4, 0.5) is 0 Å². The molecule has 2 aromatic rings. The Morgan fingerprint density at radius 3 is 2.87 bits per heavy atom. The Morgan fingerprint density at radius 1 is 1.47 bits per heavy atom. The first kappa shape index (κ1) is 9.71. The van der Waals surface area contributed by atoms with Gasteiger partial charge in [0, 0.05) is 19.7 Å². The highest BCUT2D eigenvalue weighted by Crippen LogP contribution is 2.20. The maximum Gasteiger partial charge on any atom is 0.197 e. The van der Waals surface area contributed by atoms with Gasteiger partial charge in [0.05, 0.1) is 0 Å². The number of aromatic nitrogens is 2. The third-order valence-corrected chi connectivity index (χ3v) is 2.17. The fourth-order valence-electron chi connectivity index (χ4n) is 1.35. The largest absolute Gasteiger partial charge is 0.451 e. The van der Waals surface area contributed by atoms with E-state index in [2.05, 4.69) is 5.10 Å². The van der Waals surface area contributed by atoms with Crippen molar-refractivity contribution >= 4 is 5.78 Å². The minimum absolute atomic E-state index is 0.0113. The van der Waals surface area contributed by atoms with Crippen LogP contribution in [0.15, 0.2) is 28.8 Å². The standard InChI is InChI=1S/C11H12N2O2/c1-3-9(14)11-5-4-10(15-11)8-6-7-13(2)12-8/h4-7H,3H2,1-2H3. The molecule has 0 radical (unpaired) electrons. The van der Waals surface area contributed by atoms with E-state index in [0.717, 1.165) is 5.69 Å². The third-order valence-electron chi connectivity index (χ3n) is 2.17. The van der Waals surface area contributed by atoms with Crippen LogP contribution in [0.2, 0.25) is 0 Å². The summed E-state index contributed by atoms with van der Waals surface area (Å²) in [6.45, 7) is 1.81. The van der Waals surface area contributed by atoms with Crippen molar-refractivity contribution in [2.75, 3.05) is 0 Å². The Balaban J connectivity index is 2.31. The summed E-state index contributed by atoms with van der Waals surface area (Å²) in [5.74, 6) is 1.04. The maximum absolute atomic E-state index is 11.3. The highest BCUT2D eigenvalue weighted by molar-refractivity contribution is 5.93. The molecule has 0 unspecified atom stereocenters. The Labute approximate surface area is 87.5 Å². The van der Waals surface area contributed by atoms with Gasteiger partial charge in [0.2, 0.25) is 0 Å². The summed E-state index contributed by atoms with van der Waals surface area (Å²) in [4.78, 5) is 11.3. The second-order valence-electron chi connectivity index (χ2n) is 3.32. The molecule has 0 N–H and O–H groups in total. The lowest BCUT2D eigenvalue weighted by Gasteiger charge is -1.91. The number of ketones is 1. The van der Waals surface area contributed by atoms with Crippen LogP contribution in [0.25, 0.3) is 11.5 Å². The van der Waals surface area contributed by atoms with E-state index < -0.39 is 0 Å². The SMILES string of the molecule is CCC(=O)c1ccc(-c2ccn(C)n2)o1. The molecule has 0 aliphatic rings. The number of furan rings is 1. The van der Waals surface area contributed by atoms with Gasteiger partial charge >= 0.3 is 0 Å². The summed E-state index contributed by atoms with van der Waals surface area (Å²) in [6.07, 6.45) is 2.29. The Bertz CT molecular complexity index is 482. The molecule has 4 heteroatoms. The maximum atomic E-state index is 11.3. The molecule has 78 valence electrons. The lowest BCUT2D eigenvalue weighted by atomic mass is 10.2. The first-order valence-corrected chi connectivity index (χ1v) is 4.83. The number of carbonyl (C=O) groups excluding carboxylic acids is 1. The van der Waals surface area contributed by atoms with Gasteiger partial charge in [-0.3, -0.25) is 9.48 Å². The molecule has 0 saturated carbocycles. The van der Waals surface area contributed by atoms with Crippen molar-refractivity contribution in [3.63, 3.8) is 0 Å². The molecular weight excluding hydrogens is 192 g/mol. The molecule has 0 atom stereocenters. The molecule has 0 amide bonds. The minimum atomic E-state index is 0.0113. The Kier molecular flexibility index (Phi) is 2.41. The van der Waals surface area contributed by atoms with Crippen molar-refractivity contribution in [2.45, 2.75) is 13.3 Å². The van der Waals surface area contributed by atoms with Crippen molar-refractivity contribution in [2.24, 2.45) is 7.05 Å². The summed E-state index contributed by atoms with van der Waals surface area (Å²) >= 11 is 0. The highest BCUT2D eigenvalue weighted by Gasteiger charge is 2.11. The smallest absolute Gasteiger partial charge is 0.197 e. The average molecular weight is 204 g/mol. The van der Waals surface area contributed by atoms with E-state index in [1.54, 1.807) is 16.8 Å². The summed E-state index contributed by atoms with van der Waals surface area (Å²) in [6, 6.07) is 5.31.